The molecule has 6 saturated carbocycles. The van der Waals surface area contributed by atoms with Crippen molar-refractivity contribution in [2.24, 2.45) is 105 Å². The standard InChI is InChI=1S/2C29H50O/c2*1-7-21(19(2)3)9-8-20(4)25-12-13-26-24-11-10-22-18-23(30)14-16-28(22,5)27(24)15-17-29(25,26)6/h2*10,19-21,23-27,30H,7-9,11-18H2,1-6H3/t2*20-,21-,23+,24+,25-,26+,27+,28+,29-/m11/s1. The van der Waals surface area contributed by atoms with Crippen LogP contribution >= 0.6 is 0 Å². The first-order valence-electron chi connectivity index (χ1n) is 27.2. The maximum absolute atomic E-state index is 10.2. The molecule has 8 rings (SSSR count). The summed E-state index contributed by atoms with van der Waals surface area (Å²) in [5, 5.41) is 20.5. The number of aliphatic hydroxyl groups is 2. The minimum Gasteiger partial charge on any atom is -0.393 e. The highest BCUT2D eigenvalue weighted by Gasteiger charge is 2.61. The second-order valence-electron chi connectivity index (χ2n) is 25.7. The Balaban J connectivity index is 0.000000181. The third kappa shape index (κ3) is 8.64. The SMILES string of the molecule is CC[C@H](CC[C@@H](C)[C@H]1CC[C@H]2[C@@H]3CC=C4C[C@@H](O)CC[C@]4(C)[C@H]3CC[C@]12C)C(C)C.CC[C@H](CC[C@@H](C)[C@H]1CC[C@H]2[C@@H]3CC=C4C[C@@H](O)CC[C@]4(C)[C@H]3CC[C@]12C)C(C)C. The fourth-order valence-corrected chi connectivity index (χ4v) is 18.6. The van der Waals surface area contributed by atoms with Crippen molar-refractivity contribution in [1.29, 1.82) is 0 Å². The maximum Gasteiger partial charge on any atom is 0.0577 e. The Morgan fingerprint density at radius 1 is 0.500 bits per heavy atom. The largest absolute Gasteiger partial charge is 0.393 e. The number of hydrogen-bond acceptors (Lipinski definition) is 2. The molecule has 0 saturated heterocycles. The zero-order valence-electron chi connectivity index (χ0n) is 41.8. The number of aliphatic hydroxyl groups excluding tert-OH is 2. The molecule has 18 atom stereocenters. The van der Waals surface area contributed by atoms with Crippen molar-refractivity contribution in [2.45, 2.75) is 237 Å². The van der Waals surface area contributed by atoms with Gasteiger partial charge < -0.3 is 10.2 Å². The summed E-state index contributed by atoms with van der Waals surface area (Å²) >= 11 is 0. The van der Waals surface area contributed by atoms with E-state index in [1.165, 1.54) is 116 Å². The molecule has 8 aliphatic carbocycles. The Hall–Kier alpha value is -0.600. The number of fused-ring (bicyclic) bond motifs is 10. The van der Waals surface area contributed by atoms with Gasteiger partial charge in [0.15, 0.2) is 0 Å². The number of hydrogen-bond donors (Lipinski definition) is 2. The molecule has 344 valence electrons. The molecule has 0 aliphatic heterocycles. The summed E-state index contributed by atoms with van der Waals surface area (Å²) in [7, 11) is 0. The maximum atomic E-state index is 10.2. The van der Waals surface area contributed by atoms with Gasteiger partial charge >= 0.3 is 0 Å². The molecule has 0 aromatic heterocycles. The molecular weight excluding hydrogens is 729 g/mol. The van der Waals surface area contributed by atoms with Crippen LogP contribution in [0, 0.1) is 105 Å². The molecule has 0 aromatic rings. The summed E-state index contributed by atoms with van der Waals surface area (Å²) < 4.78 is 0. The summed E-state index contributed by atoms with van der Waals surface area (Å²) in [4.78, 5) is 0. The minimum atomic E-state index is -0.0794. The van der Waals surface area contributed by atoms with Gasteiger partial charge in [0.1, 0.15) is 0 Å². The van der Waals surface area contributed by atoms with Gasteiger partial charge in [-0.15, -0.1) is 0 Å². The smallest absolute Gasteiger partial charge is 0.0577 e. The second kappa shape index (κ2) is 18.7. The van der Waals surface area contributed by atoms with Crippen LogP contribution in [0.25, 0.3) is 0 Å². The van der Waals surface area contributed by atoms with E-state index in [1.54, 1.807) is 11.1 Å². The van der Waals surface area contributed by atoms with Crippen LogP contribution in [0.5, 0.6) is 0 Å². The van der Waals surface area contributed by atoms with Crippen LogP contribution in [0.1, 0.15) is 224 Å². The first kappa shape index (κ1) is 47.4. The van der Waals surface area contributed by atoms with Crippen LogP contribution in [0.4, 0.5) is 0 Å². The average Bonchev–Trinajstić information content (AvgIpc) is 3.75. The Morgan fingerprint density at radius 2 is 0.883 bits per heavy atom. The molecule has 6 fully saturated rings. The van der Waals surface area contributed by atoms with Crippen LogP contribution in [0.2, 0.25) is 0 Å². The van der Waals surface area contributed by atoms with Gasteiger partial charge in [0.25, 0.3) is 0 Å². The summed E-state index contributed by atoms with van der Waals surface area (Å²) in [5.41, 5.74) is 5.17. The Kier molecular flexibility index (Phi) is 14.8. The average molecular weight is 829 g/mol. The number of rotatable bonds is 12. The predicted octanol–water partition coefficient (Wildman–Crippen LogP) is 16.0. The molecule has 8 aliphatic rings. The minimum absolute atomic E-state index is 0.0794. The van der Waals surface area contributed by atoms with Crippen molar-refractivity contribution in [3.05, 3.63) is 23.3 Å². The second-order valence-corrected chi connectivity index (χ2v) is 25.7. The molecule has 2 heteroatoms. The van der Waals surface area contributed by atoms with Gasteiger partial charge in [0.05, 0.1) is 12.2 Å². The quantitative estimate of drug-likeness (QED) is 0.192. The van der Waals surface area contributed by atoms with Gasteiger partial charge in [-0.3, -0.25) is 0 Å². The molecule has 2 N–H and O–H groups in total. The van der Waals surface area contributed by atoms with E-state index in [2.05, 4.69) is 95.2 Å². The fraction of sp³-hybridized carbons (Fsp3) is 0.931. The van der Waals surface area contributed by atoms with Crippen LogP contribution in [0.15, 0.2) is 23.3 Å². The van der Waals surface area contributed by atoms with Gasteiger partial charge in [0, 0.05) is 0 Å². The van der Waals surface area contributed by atoms with Crippen molar-refractivity contribution in [2.75, 3.05) is 0 Å². The van der Waals surface area contributed by atoms with Crippen LogP contribution in [-0.4, -0.2) is 22.4 Å². The molecule has 60 heavy (non-hydrogen) atoms. The van der Waals surface area contributed by atoms with Gasteiger partial charge in [-0.25, -0.2) is 0 Å². The lowest BCUT2D eigenvalue weighted by molar-refractivity contribution is -0.0575. The highest BCUT2D eigenvalue weighted by molar-refractivity contribution is 5.27. The fourth-order valence-electron chi connectivity index (χ4n) is 18.6. The molecule has 2 nitrogen and oxygen atoms in total. The van der Waals surface area contributed by atoms with Crippen LogP contribution < -0.4 is 0 Å². The highest BCUT2D eigenvalue weighted by Crippen LogP contribution is 2.69. The Morgan fingerprint density at radius 3 is 1.23 bits per heavy atom. The monoisotopic (exact) mass is 829 g/mol. The lowest BCUT2D eigenvalue weighted by atomic mass is 9.47. The molecule has 0 radical (unpaired) electrons. The predicted molar refractivity (Wildman–Crippen MR) is 256 cm³/mol. The van der Waals surface area contributed by atoms with Crippen molar-refractivity contribution in [3.8, 4) is 0 Å². The number of allylic oxidation sites excluding steroid dienone is 2. The van der Waals surface area contributed by atoms with E-state index in [0.29, 0.717) is 21.7 Å². The normalized spacial score (nSPS) is 45.3. The zero-order valence-corrected chi connectivity index (χ0v) is 41.8. The van der Waals surface area contributed by atoms with Crippen LogP contribution in [-0.2, 0) is 0 Å². The van der Waals surface area contributed by atoms with E-state index in [-0.39, 0.29) is 12.2 Å². The van der Waals surface area contributed by atoms with Gasteiger partial charge in [-0.05, 0) is 220 Å². The van der Waals surface area contributed by atoms with E-state index < -0.39 is 0 Å². The van der Waals surface area contributed by atoms with Crippen LogP contribution in [0.3, 0.4) is 0 Å². The third-order valence-corrected chi connectivity index (χ3v) is 22.6. The highest BCUT2D eigenvalue weighted by atomic mass is 16.3. The van der Waals surface area contributed by atoms with Gasteiger partial charge in [-0.1, -0.05) is 132 Å². The van der Waals surface area contributed by atoms with E-state index in [1.807, 2.05) is 0 Å². The summed E-state index contributed by atoms with van der Waals surface area (Å²) in [6.07, 6.45) is 34.2. The summed E-state index contributed by atoms with van der Waals surface area (Å²) in [6.45, 7) is 30.2. The van der Waals surface area contributed by atoms with E-state index in [0.717, 1.165) is 109 Å². The lowest BCUT2D eigenvalue weighted by Gasteiger charge is -2.58. The summed E-state index contributed by atoms with van der Waals surface area (Å²) in [6, 6.07) is 0. The topological polar surface area (TPSA) is 40.5 Å². The van der Waals surface area contributed by atoms with Gasteiger partial charge in [0.2, 0.25) is 0 Å². The molecule has 0 unspecified atom stereocenters. The third-order valence-electron chi connectivity index (χ3n) is 22.6. The van der Waals surface area contributed by atoms with Gasteiger partial charge in [-0.2, -0.15) is 0 Å². The van der Waals surface area contributed by atoms with Crippen molar-refractivity contribution < 1.29 is 10.2 Å². The van der Waals surface area contributed by atoms with Crippen molar-refractivity contribution >= 4 is 0 Å². The first-order valence-corrected chi connectivity index (χ1v) is 27.2. The lowest BCUT2D eigenvalue weighted by Crippen LogP contribution is -2.50. The zero-order chi connectivity index (χ0) is 43.4. The van der Waals surface area contributed by atoms with Crippen molar-refractivity contribution in [1.82, 2.24) is 0 Å². The molecule has 0 spiro atoms. The Bertz CT molecular complexity index is 1380. The molecule has 0 bridgehead atoms. The van der Waals surface area contributed by atoms with E-state index in [9.17, 15) is 10.2 Å². The van der Waals surface area contributed by atoms with E-state index in [4.69, 9.17) is 0 Å². The molecular formula is C58H100O2. The Labute approximate surface area is 373 Å². The molecule has 0 aromatic carbocycles. The molecule has 0 amide bonds. The van der Waals surface area contributed by atoms with Crippen molar-refractivity contribution in [3.63, 3.8) is 0 Å². The summed E-state index contributed by atoms with van der Waals surface area (Å²) in [5.74, 6) is 12.6. The van der Waals surface area contributed by atoms with E-state index >= 15 is 0 Å². The molecule has 0 heterocycles. The first-order chi connectivity index (χ1) is 28.4.